The lowest BCUT2D eigenvalue weighted by Gasteiger charge is -2.36. The molecule has 2 aromatic heterocycles. The Balaban J connectivity index is 1.48. The number of pyridine rings is 1. The van der Waals surface area contributed by atoms with E-state index < -0.39 is 0 Å². The SMILES string of the molecule is O=C=CN1CC(Oc2nnc(COc3cccc(Br)n3)s2)C1. The standard InChI is InChI=1S/C13H11BrN4O3S/c14-10-2-1-3-11(15-10)20-8-12-16-17-13(22-12)21-9-6-18(7-9)4-5-19/h1-4,9H,6-8H2. The molecule has 1 fully saturated rings. The van der Waals surface area contributed by atoms with Crippen LogP contribution in [0.25, 0.3) is 0 Å². The minimum atomic E-state index is 0.0260. The first kappa shape index (κ1) is 15.0. The minimum absolute atomic E-state index is 0.0260. The van der Waals surface area contributed by atoms with Crippen LogP contribution in [0, 0.1) is 0 Å². The molecule has 3 heterocycles. The number of hydrogen-bond donors (Lipinski definition) is 0. The number of aromatic nitrogens is 3. The third-order valence-electron chi connectivity index (χ3n) is 2.86. The van der Waals surface area contributed by atoms with E-state index >= 15 is 0 Å². The Morgan fingerprint density at radius 2 is 2.32 bits per heavy atom. The number of rotatable bonds is 6. The van der Waals surface area contributed by atoms with Crippen molar-refractivity contribution in [3.05, 3.63) is 34.0 Å². The first-order valence-electron chi connectivity index (χ1n) is 6.42. The second-order valence-electron chi connectivity index (χ2n) is 4.49. The molecule has 0 amide bonds. The van der Waals surface area contributed by atoms with Crippen molar-refractivity contribution in [3.8, 4) is 11.1 Å². The van der Waals surface area contributed by atoms with Crippen LogP contribution in [-0.2, 0) is 11.4 Å². The molecule has 1 saturated heterocycles. The maximum absolute atomic E-state index is 10.2. The van der Waals surface area contributed by atoms with Gasteiger partial charge in [0.15, 0.2) is 5.01 Å². The van der Waals surface area contributed by atoms with Crippen molar-refractivity contribution < 1.29 is 14.3 Å². The molecule has 114 valence electrons. The fraction of sp³-hybridized carbons (Fsp3) is 0.308. The van der Waals surface area contributed by atoms with Gasteiger partial charge in [-0.3, -0.25) is 0 Å². The Kier molecular flexibility index (Phi) is 4.67. The monoisotopic (exact) mass is 382 g/mol. The average Bonchev–Trinajstić information content (AvgIpc) is 2.91. The van der Waals surface area contributed by atoms with Gasteiger partial charge in [0.2, 0.25) is 5.88 Å². The van der Waals surface area contributed by atoms with E-state index in [1.807, 2.05) is 17.0 Å². The topological polar surface area (TPSA) is 77.4 Å². The van der Waals surface area contributed by atoms with Crippen molar-refractivity contribution in [1.29, 1.82) is 0 Å². The summed E-state index contributed by atoms with van der Waals surface area (Å²) < 4.78 is 11.9. The quantitative estimate of drug-likeness (QED) is 0.555. The summed E-state index contributed by atoms with van der Waals surface area (Å²) in [6, 6.07) is 5.44. The molecule has 0 saturated carbocycles. The van der Waals surface area contributed by atoms with E-state index in [2.05, 4.69) is 31.1 Å². The Hall–Kier alpha value is -1.96. The zero-order valence-electron chi connectivity index (χ0n) is 11.3. The summed E-state index contributed by atoms with van der Waals surface area (Å²) in [5.41, 5.74) is 0. The molecular formula is C13H11BrN4O3S. The van der Waals surface area contributed by atoms with Crippen LogP contribution in [0.3, 0.4) is 0 Å². The van der Waals surface area contributed by atoms with Crippen LogP contribution in [-0.4, -0.2) is 45.2 Å². The molecule has 0 atom stereocenters. The summed E-state index contributed by atoms with van der Waals surface area (Å²) in [5.74, 6) is 2.25. The largest absolute Gasteiger partial charge is 0.470 e. The number of ether oxygens (including phenoxy) is 2. The number of halogens is 1. The van der Waals surface area contributed by atoms with Crippen molar-refractivity contribution in [2.75, 3.05) is 13.1 Å². The second-order valence-corrected chi connectivity index (χ2v) is 6.33. The third kappa shape index (κ3) is 3.82. The normalized spacial score (nSPS) is 14.1. The number of nitrogens with zero attached hydrogens (tertiary/aromatic N) is 4. The van der Waals surface area contributed by atoms with Crippen molar-refractivity contribution in [3.63, 3.8) is 0 Å². The zero-order valence-corrected chi connectivity index (χ0v) is 13.7. The number of likely N-dealkylation sites (tertiary alicyclic amines) is 1. The Labute approximate surface area is 138 Å². The maximum Gasteiger partial charge on any atom is 0.294 e. The van der Waals surface area contributed by atoms with E-state index in [4.69, 9.17) is 9.47 Å². The van der Waals surface area contributed by atoms with E-state index in [0.717, 1.165) is 0 Å². The van der Waals surface area contributed by atoms with Gasteiger partial charge >= 0.3 is 0 Å². The molecule has 9 heteroatoms. The van der Waals surface area contributed by atoms with Crippen molar-refractivity contribution in [2.45, 2.75) is 12.7 Å². The summed E-state index contributed by atoms with van der Waals surface area (Å²) >= 11 is 4.62. The Morgan fingerprint density at radius 1 is 1.45 bits per heavy atom. The smallest absolute Gasteiger partial charge is 0.294 e. The van der Waals surface area contributed by atoms with Gasteiger partial charge in [0.05, 0.1) is 19.3 Å². The molecule has 0 unspecified atom stereocenters. The van der Waals surface area contributed by atoms with Crippen molar-refractivity contribution in [2.24, 2.45) is 0 Å². The fourth-order valence-corrected chi connectivity index (χ4v) is 2.81. The van der Waals surface area contributed by atoms with E-state index in [1.54, 1.807) is 12.0 Å². The molecular weight excluding hydrogens is 372 g/mol. The van der Waals surface area contributed by atoms with Crippen LogP contribution in [0.2, 0.25) is 0 Å². The van der Waals surface area contributed by atoms with Gasteiger partial charge < -0.3 is 14.4 Å². The van der Waals surface area contributed by atoms with Crippen LogP contribution in [0.1, 0.15) is 5.01 Å². The van der Waals surface area contributed by atoms with Crippen LogP contribution in [0.5, 0.6) is 11.1 Å². The van der Waals surface area contributed by atoms with E-state index in [1.165, 1.54) is 17.5 Å². The van der Waals surface area contributed by atoms with E-state index in [9.17, 15) is 4.79 Å². The summed E-state index contributed by atoms with van der Waals surface area (Å²) in [6.07, 6.45) is 1.41. The highest BCUT2D eigenvalue weighted by atomic mass is 79.9. The molecule has 0 bridgehead atoms. The van der Waals surface area contributed by atoms with Crippen LogP contribution in [0.15, 0.2) is 29.0 Å². The average molecular weight is 383 g/mol. The predicted molar refractivity (Wildman–Crippen MR) is 82.4 cm³/mol. The first-order chi connectivity index (χ1) is 10.7. The lowest BCUT2D eigenvalue weighted by Crippen LogP contribution is -2.50. The molecule has 1 aliphatic rings. The molecule has 2 aromatic rings. The summed E-state index contributed by atoms with van der Waals surface area (Å²) in [7, 11) is 0. The molecule has 0 aliphatic carbocycles. The summed E-state index contributed by atoms with van der Waals surface area (Å²) in [5, 5.41) is 9.19. The molecule has 0 radical (unpaired) electrons. The number of hydrogen-bond acceptors (Lipinski definition) is 8. The highest BCUT2D eigenvalue weighted by molar-refractivity contribution is 9.10. The predicted octanol–water partition coefficient (Wildman–Crippen LogP) is 1.68. The minimum Gasteiger partial charge on any atom is -0.470 e. The fourth-order valence-electron chi connectivity index (χ4n) is 1.82. The van der Waals surface area contributed by atoms with Gasteiger partial charge in [-0.15, -0.1) is 5.10 Å². The van der Waals surface area contributed by atoms with Crippen molar-refractivity contribution >= 4 is 33.2 Å². The molecule has 7 nitrogen and oxygen atoms in total. The molecule has 0 N–H and O–H groups in total. The second kappa shape index (κ2) is 6.87. The highest BCUT2D eigenvalue weighted by Gasteiger charge is 2.27. The van der Waals surface area contributed by atoms with Gasteiger partial charge in [0, 0.05) is 6.07 Å². The van der Waals surface area contributed by atoms with Crippen LogP contribution < -0.4 is 9.47 Å². The van der Waals surface area contributed by atoms with Crippen LogP contribution in [0.4, 0.5) is 0 Å². The molecule has 22 heavy (non-hydrogen) atoms. The Bertz CT molecular complexity index is 698. The number of carbonyl (C=O) groups excluding carboxylic acids is 1. The third-order valence-corrected chi connectivity index (χ3v) is 4.09. The maximum atomic E-state index is 10.2. The van der Waals surface area contributed by atoms with E-state index in [-0.39, 0.29) is 12.7 Å². The van der Waals surface area contributed by atoms with Gasteiger partial charge in [-0.1, -0.05) is 22.5 Å². The van der Waals surface area contributed by atoms with Crippen molar-refractivity contribution in [1.82, 2.24) is 20.1 Å². The lowest BCUT2D eigenvalue weighted by atomic mass is 10.2. The van der Waals surface area contributed by atoms with Gasteiger partial charge in [0.25, 0.3) is 5.19 Å². The van der Waals surface area contributed by atoms with Gasteiger partial charge in [-0.25, -0.2) is 9.78 Å². The van der Waals surface area contributed by atoms with Gasteiger partial charge in [0.1, 0.15) is 23.3 Å². The zero-order chi connectivity index (χ0) is 15.4. The Morgan fingerprint density at radius 3 is 3.09 bits per heavy atom. The summed E-state index contributed by atoms with van der Waals surface area (Å²) in [4.78, 5) is 16.2. The first-order valence-corrected chi connectivity index (χ1v) is 8.03. The van der Waals surface area contributed by atoms with Gasteiger partial charge in [-0.05, 0) is 22.0 Å². The molecule has 3 rings (SSSR count). The summed E-state index contributed by atoms with van der Waals surface area (Å²) in [6.45, 7) is 1.60. The molecule has 0 aromatic carbocycles. The van der Waals surface area contributed by atoms with Crippen LogP contribution >= 0.6 is 27.3 Å². The molecule has 1 aliphatic heterocycles. The van der Waals surface area contributed by atoms with E-state index in [0.29, 0.717) is 33.8 Å². The lowest BCUT2D eigenvalue weighted by molar-refractivity contribution is 0.0533. The highest BCUT2D eigenvalue weighted by Crippen LogP contribution is 2.23. The van der Waals surface area contributed by atoms with Gasteiger partial charge in [-0.2, -0.15) is 0 Å². The molecule has 0 spiro atoms.